The molecule has 162 valence electrons. The second-order valence-corrected chi connectivity index (χ2v) is 9.49. The Morgan fingerprint density at radius 2 is 1.87 bits per heavy atom. The molecule has 1 amide bonds. The first-order valence-electron chi connectivity index (χ1n) is 9.14. The summed E-state index contributed by atoms with van der Waals surface area (Å²) < 4.78 is 34.4. The summed E-state index contributed by atoms with van der Waals surface area (Å²) in [7, 11) is -2.26. The minimum absolute atomic E-state index is 0.00930. The number of pyridine rings is 1. The fraction of sp³-hybridized carbons (Fsp3) is 0.368. The summed E-state index contributed by atoms with van der Waals surface area (Å²) in [5.41, 5.74) is 0.610. The number of likely N-dealkylation sites (tertiary alicyclic amines) is 1. The predicted molar refractivity (Wildman–Crippen MR) is 114 cm³/mol. The lowest BCUT2D eigenvalue weighted by Gasteiger charge is -2.39. The molecule has 0 aliphatic carbocycles. The van der Waals surface area contributed by atoms with Gasteiger partial charge < -0.3 is 14.2 Å². The van der Waals surface area contributed by atoms with Crippen molar-refractivity contribution in [3.8, 4) is 5.75 Å². The Morgan fingerprint density at radius 1 is 1.23 bits per heavy atom. The first kappa shape index (κ1) is 22.6. The number of halogens is 2. The molecule has 1 N–H and O–H groups in total. The average molecular weight is 474 g/mol. The van der Waals surface area contributed by atoms with Gasteiger partial charge in [-0.05, 0) is 25.1 Å². The van der Waals surface area contributed by atoms with Gasteiger partial charge in [0.05, 0.1) is 23.1 Å². The van der Waals surface area contributed by atoms with E-state index in [0.717, 1.165) is 5.69 Å². The Hall–Kier alpha value is -2.07. The minimum atomic E-state index is -3.94. The molecule has 1 aromatic heterocycles. The molecule has 2 heterocycles. The number of amides is 1. The van der Waals surface area contributed by atoms with E-state index in [-0.39, 0.29) is 45.5 Å². The maximum Gasteiger partial charge on any atom is 0.254 e. The predicted octanol–water partition coefficient (Wildman–Crippen LogP) is 1.96. The fourth-order valence-corrected chi connectivity index (χ4v) is 5.15. The van der Waals surface area contributed by atoms with E-state index in [0.29, 0.717) is 18.8 Å². The van der Waals surface area contributed by atoms with Crippen LogP contribution >= 0.6 is 23.2 Å². The summed E-state index contributed by atoms with van der Waals surface area (Å²) in [5.74, 6) is 0.264. The molecule has 0 bridgehead atoms. The van der Waals surface area contributed by atoms with Crippen LogP contribution in [0.15, 0.2) is 40.0 Å². The van der Waals surface area contributed by atoms with Crippen LogP contribution in [0.2, 0.25) is 10.0 Å². The number of hydrogen-bond acceptors (Lipinski definition) is 5. The molecular weight excluding hydrogens is 453 g/mol. The second-order valence-electron chi connectivity index (χ2n) is 6.97. The molecule has 1 aromatic carbocycles. The number of hydrogen-bond donors (Lipinski definition) is 1. The topological polar surface area (TPSA) is 97.7 Å². The van der Waals surface area contributed by atoms with Gasteiger partial charge in [-0.2, -0.15) is 0 Å². The van der Waals surface area contributed by atoms with E-state index >= 15 is 0 Å². The summed E-state index contributed by atoms with van der Waals surface area (Å²) in [6.07, 6.45) is -0.224. The molecule has 0 atom stereocenters. The van der Waals surface area contributed by atoms with Gasteiger partial charge in [0.15, 0.2) is 0 Å². The summed E-state index contributed by atoms with van der Waals surface area (Å²) in [4.78, 5) is 25.4. The highest BCUT2D eigenvalue weighted by Crippen LogP contribution is 2.28. The first-order chi connectivity index (χ1) is 14.1. The Balaban J connectivity index is 1.48. The van der Waals surface area contributed by atoms with E-state index in [4.69, 9.17) is 27.9 Å². The third-order valence-corrected chi connectivity index (χ3v) is 7.21. The van der Waals surface area contributed by atoms with E-state index in [9.17, 15) is 18.0 Å². The lowest BCUT2D eigenvalue weighted by molar-refractivity contribution is -0.139. The van der Waals surface area contributed by atoms with Crippen molar-refractivity contribution in [1.82, 2.24) is 14.2 Å². The van der Waals surface area contributed by atoms with Crippen molar-refractivity contribution in [3.63, 3.8) is 0 Å². The van der Waals surface area contributed by atoms with E-state index in [2.05, 4.69) is 4.72 Å². The molecule has 1 fully saturated rings. The number of carbonyl (C=O) groups is 1. The third-order valence-electron chi connectivity index (χ3n) is 4.80. The van der Waals surface area contributed by atoms with Crippen molar-refractivity contribution in [2.75, 3.05) is 19.6 Å². The standard InChI is InChI=1S/C19H21Cl2N3O5S/c1-12-8-13(9-18(26)23(12)2)29-14-10-24(11-14)17(25)6-7-22-30(27,28)19-15(20)4-3-5-16(19)21/h3-5,8-9,14,22H,6-7,10-11H2,1-2H3. The van der Waals surface area contributed by atoms with Crippen LogP contribution in [0.3, 0.4) is 0 Å². The monoisotopic (exact) mass is 473 g/mol. The molecule has 0 saturated carbocycles. The van der Waals surface area contributed by atoms with Crippen LogP contribution in [0, 0.1) is 6.92 Å². The summed E-state index contributed by atoms with van der Waals surface area (Å²) in [5, 5.41) is 0.0186. The molecule has 11 heteroatoms. The number of carbonyl (C=O) groups excluding carboxylic acids is 1. The van der Waals surface area contributed by atoms with Gasteiger partial charge in [-0.15, -0.1) is 0 Å². The SMILES string of the molecule is Cc1cc(OC2CN(C(=O)CCNS(=O)(=O)c3c(Cl)cccc3Cl)C2)cc(=O)n1C. The van der Waals surface area contributed by atoms with Gasteiger partial charge in [-0.1, -0.05) is 29.3 Å². The summed E-state index contributed by atoms with van der Waals surface area (Å²) >= 11 is 11.9. The zero-order valence-electron chi connectivity index (χ0n) is 16.4. The zero-order valence-corrected chi connectivity index (χ0v) is 18.7. The third kappa shape index (κ3) is 4.97. The normalized spacial score (nSPS) is 14.5. The molecular formula is C19H21Cl2N3O5S. The maximum absolute atomic E-state index is 12.4. The molecule has 3 rings (SSSR count). The van der Waals surface area contributed by atoms with Crippen molar-refractivity contribution in [3.05, 3.63) is 56.4 Å². The lowest BCUT2D eigenvalue weighted by Crippen LogP contribution is -2.56. The van der Waals surface area contributed by atoms with E-state index < -0.39 is 10.0 Å². The molecule has 2 aromatic rings. The van der Waals surface area contributed by atoms with E-state index in [1.54, 1.807) is 24.1 Å². The largest absolute Gasteiger partial charge is 0.486 e. The summed E-state index contributed by atoms with van der Waals surface area (Å²) in [6, 6.07) is 7.58. The highest BCUT2D eigenvalue weighted by molar-refractivity contribution is 7.89. The first-order valence-corrected chi connectivity index (χ1v) is 11.4. The van der Waals surface area contributed by atoms with Gasteiger partial charge in [0, 0.05) is 31.8 Å². The maximum atomic E-state index is 12.4. The van der Waals surface area contributed by atoms with Crippen molar-refractivity contribution in [1.29, 1.82) is 0 Å². The highest BCUT2D eigenvalue weighted by atomic mass is 35.5. The van der Waals surface area contributed by atoms with Crippen LogP contribution < -0.4 is 15.0 Å². The Bertz CT molecular complexity index is 1110. The Morgan fingerprint density at radius 3 is 2.47 bits per heavy atom. The number of nitrogens with one attached hydrogen (secondary N) is 1. The Labute approximate surface area is 184 Å². The fourth-order valence-electron chi connectivity index (χ4n) is 2.98. The van der Waals surface area contributed by atoms with Gasteiger partial charge in [-0.3, -0.25) is 9.59 Å². The van der Waals surface area contributed by atoms with Crippen molar-refractivity contribution < 1.29 is 17.9 Å². The zero-order chi connectivity index (χ0) is 22.1. The van der Waals surface area contributed by atoms with Crippen molar-refractivity contribution in [2.45, 2.75) is 24.3 Å². The molecule has 1 saturated heterocycles. The van der Waals surface area contributed by atoms with Crippen LogP contribution in [0.25, 0.3) is 0 Å². The van der Waals surface area contributed by atoms with Crippen molar-refractivity contribution >= 4 is 39.1 Å². The van der Waals surface area contributed by atoms with Crippen molar-refractivity contribution in [2.24, 2.45) is 7.05 Å². The molecule has 0 spiro atoms. The second kappa shape index (κ2) is 8.97. The van der Waals surface area contributed by atoms with Crippen LogP contribution in [-0.2, 0) is 21.9 Å². The number of nitrogens with zero attached hydrogens (tertiary/aromatic N) is 2. The number of ether oxygens (including phenoxy) is 1. The molecule has 0 radical (unpaired) electrons. The van der Waals surface area contributed by atoms with Gasteiger partial charge in [0.1, 0.15) is 16.7 Å². The number of aromatic nitrogens is 1. The summed E-state index contributed by atoms with van der Waals surface area (Å²) in [6.45, 7) is 2.47. The smallest absolute Gasteiger partial charge is 0.254 e. The molecule has 1 aliphatic rings. The van der Waals surface area contributed by atoms with Crippen LogP contribution in [0.5, 0.6) is 5.75 Å². The van der Waals surface area contributed by atoms with Crippen LogP contribution in [0.1, 0.15) is 12.1 Å². The molecule has 1 aliphatic heterocycles. The van der Waals surface area contributed by atoms with Crippen LogP contribution in [-0.4, -0.2) is 49.5 Å². The van der Waals surface area contributed by atoms with Crippen LogP contribution in [0.4, 0.5) is 0 Å². The number of sulfonamides is 1. The van der Waals surface area contributed by atoms with Gasteiger partial charge in [0.25, 0.3) is 5.56 Å². The molecule has 0 unspecified atom stereocenters. The minimum Gasteiger partial charge on any atom is -0.486 e. The number of benzene rings is 1. The van der Waals surface area contributed by atoms with E-state index in [1.165, 1.54) is 22.8 Å². The Kier molecular flexibility index (Phi) is 6.76. The number of aryl methyl sites for hydroxylation is 1. The highest BCUT2D eigenvalue weighted by Gasteiger charge is 2.32. The van der Waals surface area contributed by atoms with Gasteiger partial charge >= 0.3 is 0 Å². The average Bonchev–Trinajstić information content (AvgIpc) is 2.61. The van der Waals surface area contributed by atoms with Gasteiger partial charge in [0.2, 0.25) is 15.9 Å². The number of rotatable bonds is 7. The lowest BCUT2D eigenvalue weighted by atomic mass is 10.1. The van der Waals surface area contributed by atoms with E-state index in [1.807, 2.05) is 6.92 Å². The quantitative estimate of drug-likeness (QED) is 0.662. The molecule has 8 nitrogen and oxygen atoms in total. The van der Waals surface area contributed by atoms with Gasteiger partial charge in [-0.25, -0.2) is 13.1 Å². The molecule has 30 heavy (non-hydrogen) atoms.